The molecule has 3 aromatic rings. The van der Waals surface area contributed by atoms with Crippen molar-refractivity contribution in [2.45, 2.75) is 33.4 Å². The first-order chi connectivity index (χ1) is 14.1. The molecule has 0 bridgehead atoms. The number of hydrogen-bond donors (Lipinski definition) is 1. The van der Waals surface area contributed by atoms with Gasteiger partial charge in [0.15, 0.2) is 11.5 Å². The molecule has 0 unspecified atom stereocenters. The van der Waals surface area contributed by atoms with Crippen LogP contribution in [0.4, 0.5) is 5.69 Å². The van der Waals surface area contributed by atoms with E-state index in [4.69, 9.17) is 32.7 Å². The zero-order valence-electron chi connectivity index (χ0n) is 16.7. The zero-order valence-corrected chi connectivity index (χ0v) is 18.2. The van der Waals surface area contributed by atoms with Gasteiger partial charge in [-0.25, -0.2) is 0 Å². The van der Waals surface area contributed by atoms with Gasteiger partial charge >= 0.3 is 0 Å². The van der Waals surface area contributed by atoms with Gasteiger partial charge in [0, 0.05) is 17.3 Å². The van der Waals surface area contributed by atoms with Crippen LogP contribution in [0, 0.1) is 0 Å². The van der Waals surface area contributed by atoms with Gasteiger partial charge in [0.1, 0.15) is 6.61 Å². The normalized spacial score (nSPS) is 10.6. The lowest BCUT2D eigenvalue weighted by Gasteiger charge is -2.16. The molecule has 0 aliphatic carbocycles. The fraction of sp³-hybridized carbons (Fsp3) is 0.250. The van der Waals surface area contributed by atoms with E-state index in [1.807, 2.05) is 43.3 Å². The molecule has 3 aromatic carbocycles. The van der Waals surface area contributed by atoms with E-state index in [1.54, 1.807) is 0 Å². The summed E-state index contributed by atoms with van der Waals surface area (Å²) in [5.41, 5.74) is 4.38. The Morgan fingerprint density at radius 1 is 0.828 bits per heavy atom. The van der Waals surface area contributed by atoms with Crippen LogP contribution in [-0.4, -0.2) is 6.61 Å². The van der Waals surface area contributed by atoms with E-state index in [9.17, 15) is 0 Å². The maximum atomic E-state index is 6.53. The minimum atomic E-state index is 0.363. The first kappa shape index (κ1) is 21.4. The van der Waals surface area contributed by atoms with Crippen molar-refractivity contribution in [2.75, 3.05) is 11.9 Å². The highest BCUT2D eigenvalue weighted by Crippen LogP contribution is 2.37. The Morgan fingerprint density at radius 3 is 2.31 bits per heavy atom. The van der Waals surface area contributed by atoms with Gasteiger partial charge in [-0.1, -0.05) is 54.4 Å². The molecule has 29 heavy (non-hydrogen) atoms. The molecule has 3 rings (SSSR count). The van der Waals surface area contributed by atoms with E-state index < -0.39 is 0 Å². The second kappa shape index (κ2) is 10.4. The number of benzene rings is 3. The van der Waals surface area contributed by atoms with Crippen LogP contribution < -0.4 is 14.8 Å². The van der Waals surface area contributed by atoms with Crippen LogP contribution in [0.5, 0.6) is 11.5 Å². The quantitative estimate of drug-likeness (QED) is 0.391. The maximum absolute atomic E-state index is 6.53. The molecule has 0 aliphatic heterocycles. The summed E-state index contributed by atoms with van der Waals surface area (Å²) in [5.74, 6) is 1.18. The standard InChI is InChI=1S/C24H25Cl2NO2/c1-3-17-8-10-21(11-9-17)27-15-19-13-22(26)24(23(14-19)28-4-2)29-16-18-6-5-7-20(25)12-18/h5-14,27H,3-4,15-16H2,1-2H3. The third-order valence-electron chi connectivity index (χ3n) is 4.50. The van der Waals surface area contributed by atoms with Gasteiger partial charge in [-0.2, -0.15) is 0 Å². The van der Waals surface area contributed by atoms with Crippen molar-refractivity contribution >= 4 is 28.9 Å². The third-order valence-corrected chi connectivity index (χ3v) is 5.02. The number of rotatable bonds is 9. The van der Waals surface area contributed by atoms with Gasteiger partial charge < -0.3 is 14.8 Å². The van der Waals surface area contributed by atoms with Gasteiger partial charge in [-0.05, 0) is 66.4 Å². The molecule has 0 aromatic heterocycles. The monoisotopic (exact) mass is 429 g/mol. The second-order valence-electron chi connectivity index (χ2n) is 6.66. The van der Waals surface area contributed by atoms with Crippen LogP contribution in [0.15, 0.2) is 60.7 Å². The van der Waals surface area contributed by atoms with Crippen LogP contribution in [0.25, 0.3) is 0 Å². The van der Waals surface area contributed by atoms with Crippen molar-refractivity contribution in [3.63, 3.8) is 0 Å². The van der Waals surface area contributed by atoms with Crippen LogP contribution in [0.2, 0.25) is 10.0 Å². The molecule has 0 saturated heterocycles. The van der Waals surface area contributed by atoms with Gasteiger partial charge in [0.25, 0.3) is 0 Å². The minimum Gasteiger partial charge on any atom is -0.490 e. The molecule has 152 valence electrons. The lowest BCUT2D eigenvalue weighted by Crippen LogP contribution is -2.04. The van der Waals surface area contributed by atoms with E-state index >= 15 is 0 Å². The highest BCUT2D eigenvalue weighted by molar-refractivity contribution is 6.32. The lowest BCUT2D eigenvalue weighted by molar-refractivity contribution is 0.269. The van der Waals surface area contributed by atoms with Crippen LogP contribution in [0.1, 0.15) is 30.5 Å². The Labute approximate surface area is 182 Å². The summed E-state index contributed by atoms with van der Waals surface area (Å²) in [6, 6.07) is 19.9. The number of halogens is 2. The van der Waals surface area contributed by atoms with Gasteiger partial charge in [0.2, 0.25) is 0 Å². The highest BCUT2D eigenvalue weighted by atomic mass is 35.5. The Hall–Kier alpha value is -2.36. The van der Waals surface area contributed by atoms with Gasteiger partial charge in [0.05, 0.1) is 11.6 Å². The van der Waals surface area contributed by atoms with E-state index in [0.717, 1.165) is 23.2 Å². The van der Waals surface area contributed by atoms with E-state index in [0.29, 0.717) is 41.3 Å². The predicted octanol–water partition coefficient (Wildman–Crippen LogP) is 7.15. The topological polar surface area (TPSA) is 30.5 Å². The number of nitrogens with one attached hydrogen (secondary N) is 1. The largest absolute Gasteiger partial charge is 0.490 e. The second-order valence-corrected chi connectivity index (χ2v) is 7.50. The SMILES string of the molecule is CCOc1cc(CNc2ccc(CC)cc2)cc(Cl)c1OCc1cccc(Cl)c1. The smallest absolute Gasteiger partial charge is 0.180 e. The van der Waals surface area contributed by atoms with E-state index in [-0.39, 0.29) is 0 Å². The van der Waals surface area contributed by atoms with Crippen molar-refractivity contribution in [3.05, 3.63) is 87.4 Å². The molecule has 0 atom stereocenters. The summed E-state index contributed by atoms with van der Waals surface area (Å²) in [7, 11) is 0. The fourth-order valence-corrected chi connectivity index (χ4v) is 3.47. The van der Waals surface area contributed by atoms with Crippen LogP contribution in [0.3, 0.4) is 0 Å². The first-order valence-electron chi connectivity index (χ1n) is 9.74. The number of hydrogen-bond acceptors (Lipinski definition) is 3. The van der Waals surface area contributed by atoms with E-state index in [2.05, 4.69) is 36.5 Å². The summed E-state index contributed by atoms with van der Waals surface area (Å²) >= 11 is 12.6. The maximum Gasteiger partial charge on any atom is 0.180 e. The fourth-order valence-electron chi connectivity index (χ4n) is 2.97. The first-order valence-corrected chi connectivity index (χ1v) is 10.5. The van der Waals surface area contributed by atoms with Crippen molar-refractivity contribution in [2.24, 2.45) is 0 Å². The summed E-state index contributed by atoms with van der Waals surface area (Å²) in [6.07, 6.45) is 1.03. The van der Waals surface area contributed by atoms with Gasteiger partial charge in [-0.3, -0.25) is 0 Å². The average Bonchev–Trinajstić information content (AvgIpc) is 2.72. The number of aryl methyl sites for hydroxylation is 1. The highest BCUT2D eigenvalue weighted by Gasteiger charge is 2.13. The van der Waals surface area contributed by atoms with Crippen LogP contribution in [-0.2, 0) is 19.6 Å². The van der Waals surface area contributed by atoms with Crippen molar-refractivity contribution in [1.82, 2.24) is 0 Å². The number of anilines is 1. The molecule has 0 fully saturated rings. The van der Waals surface area contributed by atoms with Crippen molar-refractivity contribution < 1.29 is 9.47 Å². The Kier molecular flexibility index (Phi) is 7.68. The molecule has 0 spiro atoms. The Bertz CT molecular complexity index is 942. The average molecular weight is 430 g/mol. The van der Waals surface area contributed by atoms with Crippen molar-refractivity contribution in [3.8, 4) is 11.5 Å². The Morgan fingerprint density at radius 2 is 1.62 bits per heavy atom. The molecule has 3 nitrogen and oxygen atoms in total. The molecule has 0 radical (unpaired) electrons. The molecule has 5 heteroatoms. The molecule has 0 amide bonds. The van der Waals surface area contributed by atoms with Crippen LogP contribution >= 0.6 is 23.2 Å². The van der Waals surface area contributed by atoms with E-state index in [1.165, 1.54) is 5.56 Å². The lowest BCUT2D eigenvalue weighted by atomic mass is 10.1. The molecule has 0 saturated carbocycles. The van der Waals surface area contributed by atoms with Crippen molar-refractivity contribution in [1.29, 1.82) is 0 Å². The summed E-state index contributed by atoms with van der Waals surface area (Å²) in [5, 5.41) is 4.62. The molecular weight excluding hydrogens is 405 g/mol. The molecule has 0 heterocycles. The Balaban J connectivity index is 1.72. The molecular formula is C24H25Cl2NO2. The summed E-state index contributed by atoms with van der Waals surface area (Å²) in [6.45, 7) is 5.62. The summed E-state index contributed by atoms with van der Waals surface area (Å²) < 4.78 is 11.8. The summed E-state index contributed by atoms with van der Waals surface area (Å²) in [4.78, 5) is 0. The molecule has 0 aliphatic rings. The zero-order chi connectivity index (χ0) is 20.6. The third kappa shape index (κ3) is 6.06. The number of ether oxygens (including phenoxy) is 2. The van der Waals surface area contributed by atoms with Gasteiger partial charge in [-0.15, -0.1) is 0 Å². The predicted molar refractivity (Wildman–Crippen MR) is 122 cm³/mol. The molecule has 1 N–H and O–H groups in total. The minimum absolute atomic E-state index is 0.363.